The molecule has 0 unspecified atom stereocenters. The third-order valence-corrected chi connectivity index (χ3v) is 5.64. The molecule has 1 aliphatic rings. The number of amides is 2. The number of H-pyrrole nitrogens is 1. The van der Waals surface area contributed by atoms with Gasteiger partial charge in [0.1, 0.15) is 11.7 Å². The van der Waals surface area contributed by atoms with E-state index in [1.165, 1.54) is 0 Å². The highest BCUT2D eigenvalue weighted by Crippen LogP contribution is 2.36. The van der Waals surface area contributed by atoms with Crippen LogP contribution in [0.4, 0.5) is 5.69 Å². The van der Waals surface area contributed by atoms with E-state index in [0.717, 1.165) is 25.0 Å². The molecule has 0 saturated carbocycles. The maximum absolute atomic E-state index is 13.0. The Bertz CT molecular complexity index is 944. The molecular weight excluding hydrogens is 378 g/mol. The van der Waals surface area contributed by atoms with Crippen LogP contribution in [0.15, 0.2) is 30.3 Å². The average molecular weight is 410 g/mol. The van der Waals surface area contributed by atoms with E-state index in [0.29, 0.717) is 35.3 Å². The van der Waals surface area contributed by atoms with Gasteiger partial charge in [0, 0.05) is 23.4 Å². The number of carbonyl (C=O) groups excluding carboxylic acids is 3. The SMILES string of the molecule is CCCC[C@@H](NC(=O)c1[nH]c2c(c1C)C(=O)CC(C)(C)C2)C(=O)Nc1ccccc1. The van der Waals surface area contributed by atoms with Crippen LogP contribution in [0.2, 0.25) is 0 Å². The van der Waals surface area contributed by atoms with Crippen molar-refractivity contribution in [3.8, 4) is 0 Å². The molecule has 0 radical (unpaired) electrons. The largest absolute Gasteiger partial charge is 0.354 e. The number of hydrogen-bond acceptors (Lipinski definition) is 3. The second-order valence-corrected chi connectivity index (χ2v) is 8.94. The van der Waals surface area contributed by atoms with Crippen LogP contribution >= 0.6 is 0 Å². The minimum absolute atomic E-state index is 0.0680. The van der Waals surface area contributed by atoms with Crippen LogP contribution in [0, 0.1) is 12.3 Å². The third-order valence-electron chi connectivity index (χ3n) is 5.64. The molecule has 0 bridgehead atoms. The number of aromatic nitrogens is 1. The summed E-state index contributed by atoms with van der Waals surface area (Å²) < 4.78 is 0. The second kappa shape index (κ2) is 8.86. The minimum atomic E-state index is -0.649. The van der Waals surface area contributed by atoms with Gasteiger partial charge in [-0.25, -0.2) is 0 Å². The number of rotatable bonds is 7. The summed E-state index contributed by atoms with van der Waals surface area (Å²) in [6.45, 7) is 7.95. The zero-order valence-corrected chi connectivity index (χ0v) is 18.2. The summed E-state index contributed by atoms with van der Waals surface area (Å²) >= 11 is 0. The maximum atomic E-state index is 13.0. The van der Waals surface area contributed by atoms with Crippen molar-refractivity contribution in [3.05, 3.63) is 52.8 Å². The number of Topliss-reactive ketones (excluding diaryl/α,β-unsaturated/α-hetero) is 1. The first-order chi connectivity index (χ1) is 14.2. The number of ketones is 1. The molecule has 0 aliphatic heterocycles. The Morgan fingerprint density at radius 2 is 1.87 bits per heavy atom. The fourth-order valence-electron chi connectivity index (χ4n) is 4.12. The van der Waals surface area contributed by atoms with Gasteiger partial charge in [0.25, 0.3) is 5.91 Å². The molecule has 2 amide bonds. The lowest BCUT2D eigenvalue weighted by molar-refractivity contribution is -0.118. The van der Waals surface area contributed by atoms with E-state index in [9.17, 15) is 14.4 Å². The predicted octanol–water partition coefficient (Wildman–Crippen LogP) is 4.41. The monoisotopic (exact) mass is 409 g/mol. The number of para-hydroxylation sites is 1. The molecule has 30 heavy (non-hydrogen) atoms. The van der Waals surface area contributed by atoms with E-state index in [-0.39, 0.29) is 23.0 Å². The zero-order valence-electron chi connectivity index (χ0n) is 18.2. The Morgan fingerprint density at radius 1 is 1.17 bits per heavy atom. The lowest BCUT2D eigenvalue weighted by Gasteiger charge is -2.28. The number of nitrogens with one attached hydrogen (secondary N) is 3. The van der Waals surface area contributed by atoms with E-state index >= 15 is 0 Å². The van der Waals surface area contributed by atoms with Gasteiger partial charge < -0.3 is 15.6 Å². The van der Waals surface area contributed by atoms with Gasteiger partial charge in [0.15, 0.2) is 5.78 Å². The lowest BCUT2D eigenvalue weighted by Crippen LogP contribution is -2.44. The van der Waals surface area contributed by atoms with Crippen molar-refractivity contribution >= 4 is 23.3 Å². The van der Waals surface area contributed by atoms with Crippen molar-refractivity contribution in [2.24, 2.45) is 5.41 Å². The molecule has 2 aromatic rings. The van der Waals surface area contributed by atoms with Crippen LogP contribution in [-0.2, 0) is 11.2 Å². The molecule has 1 atom stereocenters. The first kappa shape index (κ1) is 21.8. The molecule has 3 rings (SSSR count). The van der Waals surface area contributed by atoms with Crippen molar-refractivity contribution in [1.82, 2.24) is 10.3 Å². The van der Waals surface area contributed by atoms with Crippen LogP contribution < -0.4 is 10.6 Å². The van der Waals surface area contributed by atoms with E-state index in [4.69, 9.17) is 0 Å². The van der Waals surface area contributed by atoms with Crippen molar-refractivity contribution in [1.29, 1.82) is 0 Å². The predicted molar refractivity (Wildman–Crippen MR) is 118 cm³/mol. The van der Waals surface area contributed by atoms with E-state index in [1.807, 2.05) is 37.3 Å². The number of fused-ring (bicyclic) bond motifs is 1. The van der Waals surface area contributed by atoms with Gasteiger partial charge in [-0.1, -0.05) is 51.8 Å². The number of unbranched alkanes of at least 4 members (excludes halogenated alkanes) is 1. The summed E-state index contributed by atoms with van der Waals surface area (Å²) in [5, 5.41) is 5.75. The average Bonchev–Trinajstić information content (AvgIpc) is 3.01. The van der Waals surface area contributed by atoms with E-state index in [1.54, 1.807) is 6.92 Å². The molecule has 1 aliphatic carbocycles. The summed E-state index contributed by atoms with van der Waals surface area (Å²) in [5.41, 5.74) is 3.06. The summed E-state index contributed by atoms with van der Waals surface area (Å²) in [5.74, 6) is -0.524. The van der Waals surface area contributed by atoms with E-state index < -0.39 is 6.04 Å². The fourth-order valence-corrected chi connectivity index (χ4v) is 4.12. The van der Waals surface area contributed by atoms with Crippen LogP contribution in [0.3, 0.4) is 0 Å². The minimum Gasteiger partial charge on any atom is -0.354 e. The smallest absolute Gasteiger partial charge is 0.268 e. The van der Waals surface area contributed by atoms with E-state index in [2.05, 4.69) is 29.5 Å². The molecule has 1 aromatic heterocycles. The fraction of sp³-hybridized carbons (Fsp3) is 0.458. The molecule has 0 spiro atoms. The third kappa shape index (κ3) is 4.81. The van der Waals surface area contributed by atoms with Crippen LogP contribution in [0.1, 0.15) is 78.6 Å². The quantitative estimate of drug-likeness (QED) is 0.633. The standard InChI is InChI=1S/C24H31N3O3/c1-5-6-12-17(22(29)25-16-10-8-7-9-11-16)27-23(30)21-15(2)20-18(26-21)13-24(3,4)14-19(20)28/h7-11,17,26H,5-6,12-14H2,1-4H3,(H,25,29)(H,27,30)/t17-/m1/s1. The number of carbonyl (C=O) groups is 3. The van der Waals surface area contributed by atoms with Gasteiger partial charge in [-0.15, -0.1) is 0 Å². The van der Waals surface area contributed by atoms with Gasteiger partial charge in [0.05, 0.1) is 0 Å². The van der Waals surface area contributed by atoms with Gasteiger partial charge in [0.2, 0.25) is 5.91 Å². The Morgan fingerprint density at radius 3 is 2.53 bits per heavy atom. The van der Waals surface area contributed by atoms with Crippen LogP contribution in [0.5, 0.6) is 0 Å². The number of benzene rings is 1. The summed E-state index contributed by atoms with van der Waals surface area (Å²) in [6, 6.07) is 8.55. The highest BCUT2D eigenvalue weighted by molar-refractivity contribution is 6.06. The molecule has 0 saturated heterocycles. The first-order valence-electron chi connectivity index (χ1n) is 10.6. The Labute approximate surface area is 177 Å². The van der Waals surface area contributed by atoms with Crippen LogP contribution in [-0.4, -0.2) is 28.6 Å². The highest BCUT2D eigenvalue weighted by Gasteiger charge is 2.35. The van der Waals surface area contributed by atoms with Crippen LogP contribution in [0.25, 0.3) is 0 Å². The summed E-state index contributed by atoms with van der Waals surface area (Å²) in [7, 11) is 0. The number of aromatic amines is 1. The molecule has 6 heteroatoms. The normalized spacial score (nSPS) is 15.9. The number of hydrogen-bond donors (Lipinski definition) is 3. The molecule has 3 N–H and O–H groups in total. The summed E-state index contributed by atoms with van der Waals surface area (Å²) in [6.07, 6.45) is 3.48. The topological polar surface area (TPSA) is 91.1 Å². The molecule has 1 aromatic carbocycles. The number of anilines is 1. The van der Waals surface area contributed by atoms with Gasteiger partial charge >= 0.3 is 0 Å². The molecule has 6 nitrogen and oxygen atoms in total. The van der Waals surface area contributed by atoms with Crippen molar-refractivity contribution in [2.45, 2.75) is 65.8 Å². The highest BCUT2D eigenvalue weighted by atomic mass is 16.2. The zero-order chi connectivity index (χ0) is 21.9. The Balaban J connectivity index is 1.79. The van der Waals surface area contributed by atoms with Crippen molar-refractivity contribution < 1.29 is 14.4 Å². The summed E-state index contributed by atoms with van der Waals surface area (Å²) in [4.78, 5) is 41.7. The molecule has 1 heterocycles. The maximum Gasteiger partial charge on any atom is 0.268 e. The Kier molecular flexibility index (Phi) is 6.44. The molecule has 160 valence electrons. The van der Waals surface area contributed by atoms with Crippen molar-refractivity contribution in [3.63, 3.8) is 0 Å². The van der Waals surface area contributed by atoms with Gasteiger partial charge in [-0.3, -0.25) is 14.4 Å². The Hall–Kier alpha value is -2.89. The molecular formula is C24H31N3O3. The van der Waals surface area contributed by atoms with Gasteiger partial charge in [-0.05, 0) is 42.9 Å². The molecule has 0 fully saturated rings. The van der Waals surface area contributed by atoms with Crippen molar-refractivity contribution in [2.75, 3.05) is 5.32 Å². The first-order valence-corrected chi connectivity index (χ1v) is 10.6. The lowest BCUT2D eigenvalue weighted by atomic mass is 9.75. The van der Waals surface area contributed by atoms with Gasteiger partial charge in [-0.2, -0.15) is 0 Å². The second-order valence-electron chi connectivity index (χ2n) is 8.94.